The van der Waals surface area contributed by atoms with Gasteiger partial charge in [0, 0.05) is 6.04 Å². The number of aliphatic carboxylic acids is 1. The standard InChI is InChI=1S/C11H22N2O3/c1-5-8(7(3)4)12-11(16)13-9(6-2)10(14)15/h7-9H,5-6H2,1-4H3,(H,14,15)(H2,12,13,16)/t8?,9-/m0/s1. The zero-order valence-corrected chi connectivity index (χ0v) is 10.4. The zero-order valence-electron chi connectivity index (χ0n) is 10.4. The molecule has 0 aromatic heterocycles. The SMILES string of the molecule is CCC(NC(=O)N[C@@H](CC)C(=O)O)C(C)C. The van der Waals surface area contributed by atoms with E-state index in [9.17, 15) is 9.59 Å². The first-order chi connectivity index (χ1) is 7.42. The minimum Gasteiger partial charge on any atom is -0.480 e. The van der Waals surface area contributed by atoms with Gasteiger partial charge in [0.15, 0.2) is 0 Å². The largest absolute Gasteiger partial charge is 0.480 e. The Morgan fingerprint density at radius 1 is 1.12 bits per heavy atom. The molecule has 0 aliphatic heterocycles. The van der Waals surface area contributed by atoms with Crippen molar-refractivity contribution in [2.75, 3.05) is 0 Å². The summed E-state index contributed by atoms with van der Waals surface area (Å²) >= 11 is 0. The van der Waals surface area contributed by atoms with E-state index in [1.807, 2.05) is 20.8 Å². The van der Waals surface area contributed by atoms with Gasteiger partial charge in [-0.2, -0.15) is 0 Å². The number of hydrogen-bond acceptors (Lipinski definition) is 2. The number of amides is 2. The van der Waals surface area contributed by atoms with E-state index in [0.29, 0.717) is 12.3 Å². The number of carboxylic acids is 1. The van der Waals surface area contributed by atoms with Crippen molar-refractivity contribution in [1.82, 2.24) is 10.6 Å². The lowest BCUT2D eigenvalue weighted by molar-refractivity contribution is -0.139. The normalized spacial score (nSPS) is 14.3. The summed E-state index contributed by atoms with van der Waals surface area (Å²) in [5.41, 5.74) is 0. The molecule has 0 radical (unpaired) electrons. The Morgan fingerprint density at radius 3 is 2.00 bits per heavy atom. The van der Waals surface area contributed by atoms with Crippen molar-refractivity contribution in [3.05, 3.63) is 0 Å². The van der Waals surface area contributed by atoms with Crippen molar-refractivity contribution in [1.29, 1.82) is 0 Å². The molecule has 0 aliphatic carbocycles. The van der Waals surface area contributed by atoms with Gasteiger partial charge in [0.2, 0.25) is 0 Å². The van der Waals surface area contributed by atoms with Crippen molar-refractivity contribution >= 4 is 12.0 Å². The van der Waals surface area contributed by atoms with E-state index in [1.54, 1.807) is 6.92 Å². The molecule has 5 nitrogen and oxygen atoms in total. The van der Waals surface area contributed by atoms with E-state index in [4.69, 9.17) is 5.11 Å². The van der Waals surface area contributed by atoms with Crippen molar-refractivity contribution in [2.24, 2.45) is 5.92 Å². The van der Waals surface area contributed by atoms with Gasteiger partial charge in [-0.05, 0) is 18.8 Å². The number of hydrogen-bond donors (Lipinski definition) is 3. The van der Waals surface area contributed by atoms with Crippen LogP contribution in [0.2, 0.25) is 0 Å². The first kappa shape index (κ1) is 14.7. The Kier molecular flexibility index (Phi) is 6.53. The van der Waals surface area contributed by atoms with E-state index < -0.39 is 18.0 Å². The first-order valence-electron chi connectivity index (χ1n) is 5.72. The molecular weight excluding hydrogens is 208 g/mol. The van der Waals surface area contributed by atoms with Crippen LogP contribution in [0.1, 0.15) is 40.5 Å². The number of carbonyl (C=O) groups excluding carboxylic acids is 1. The molecule has 0 heterocycles. The molecular formula is C11H22N2O3. The Hall–Kier alpha value is -1.26. The predicted octanol–water partition coefficient (Wildman–Crippen LogP) is 1.58. The Morgan fingerprint density at radius 2 is 1.69 bits per heavy atom. The zero-order chi connectivity index (χ0) is 12.7. The van der Waals surface area contributed by atoms with Crippen molar-refractivity contribution < 1.29 is 14.7 Å². The molecule has 0 bridgehead atoms. The van der Waals surface area contributed by atoms with Crippen LogP contribution < -0.4 is 10.6 Å². The summed E-state index contributed by atoms with van der Waals surface area (Å²) in [6.45, 7) is 7.74. The summed E-state index contributed by atoms with van der Waals surface area (Å²) < 4.78 is 0. The van der Waals surface area contributed by atoms with Crippen LogP contribution in [-0.4, -0.2) is 29.2 Å². The van der Waals surface area contributed by atoms with Crippen LogP contribution in [0.3, 0.4) is 0 Å². The quantitative estimate of drug-likeness (QED) is 0.648. The fraction of sp³-hybridized carbons (Fsp3) is 0.818. The van der Waals surface area contributed by atoms with Crippen LogP contribution in [0, 0.1) is 5.92 Å². The van der Waals surface area contributed by atoms with Crippen molar-refractivity contribution in [3.63, 3.8) is 0 Å². The highest BCUT2D eigenvalue weighted by Crippen LogP contribution is 2.05. The molecule has 0 rings (SSSR count). The number of urea groups is 1. The average Bonchev–Trinajstić information content (AvgIpc) is 2.21. The van der Waals surface area contributed by atoms with Crippen LogP contribution >= 0.6 is 0 Å². The van der Waals surface area contributed by atoms with Gasteiger partial charge in [-0.15, -0.1) is 0 Å². The summed E-state index contributed by atoms with van der Waals surface area (Å²) in [7, 11) is 0. The summed E-state index contributed by atoms with van der Waals surface area (Å²) in [6.07, 6.45) is 1.20. The van der Waals surface area contributed by atoms with Gasteiger partial charge < -0.3 is 15.7 Å². The summed E-state index contributed by atoms with van der Waals surface area (Å²) in [4.78, 5) is 22.2. The molecule has 0 saturated heterocycles. The lowest BCUT2D eigenvalue weighted by atomic mass is 10.0. The second kappa shape index (κ2) is 7.09. The van der Waals surface area contributed by atoms with Crippen molar-refractivity contribution in [3.8, 4) is 0 Å². The van der Waals surface area contributed by atoms with E-state index in [-0.39, 0.29) is 6.04 Å². The minimum atomic E-state index is -1.00. The highest BCUT2D eigenvalue weighted by Gasteiger charge is 2.20. The summed E-state index contributed by atoms with van der Waals surface area (Å²) in [5.74, 6) is -0.670. The van der Waals surface area contributed by atoms with E-state index in [0.717, 1.165) is 6.42 Å². The monoisotopic (exact) mass is 230 g/mol. The van der Waals surface area contributed by atoms with Gasteiger partial charge in [0.1, 0.15) is 6.04 Å². The molecule has 1 unspecified atom stereocenters. The van der Waals surface area contributed by atoms with E-state index in [1.165, 1.54) is 0 Å². The maximum absolute atomic E-state index is 11.5. The molecule has 5 heteroatoms. The number of nitrogens with one attached hydrogen (secondary N) is 2. The molecule has 0 saturated carbocycles. The van der Waals surface area contributed by atoms with Gasteiger partial charge in [0.25, 0.3) is 0 Å². The van der Waals surface area contributed by atoms with E-state index >= 15 is 0 Å². The second-order valence-corrected chi connectivity index (χ2v) is 4.18. The van der Waals surface area contributed by atoms with Gasteiger partial charge in [0.05, 0.1) is 0 Å². The molecule has 94 valence electrons. The van der Waals surface area contributed by atoms with Crippen LogP contribution in [0.4, 0.5) is 4.79 Å². The van der Waals surface area contributed by atoms with E-state index in [2.05, 4.69) is 10.6 Å². The third-order valence-corrected chi connectivity index (χ3v) is 2.57. The predicted molar refractivity (Wildman–Crippen MR) is 62.3 cm³/mol. The number of rotatable bonds is 6. The molecule has 2 amide bonds. The Labute approximate surface area is 96.6 Å². The Bertz CT molecular complexity index is 241. The van der Waals surface area contributed by atoms with Crippen molar-refractivity contribution in [2.45, 2.75) is 52.6 Å². The van der Waals surface area contributed by atoms with Crippen LogP contribution in [-0.2, 0) is 4.79 Å². The molecule has 3 N–H and O–H groups in total. The highest BCUT2D eigenvalue weighted by molar-refractivity contribution is 5.82. The van der Waals surface area contributed by atoms with Crippen LogP contribution in [0.5, 0.6) is 0 Å². The summed E-state index contributed by atoms with van der Waals surface area (Å²) in [6, 6.07) is -1.15. The average molecular weight is 230 g/mol. The molecule has 0 aromatic carbocycles. The maximum Gasteiger partial charge on any atom is 0.326 e. The van der Waals surface area contributed by atoms with Gasteiger partial charge in [-0.3, -0.25) is 0 Å². The lowest BCUT2D eigenvalue weighted by Gasteiger charge is -2.22. The first-order valence-corrected chi connectivity index (χ1v) is 5.72. The Balaban J connectivity index is 4.20. The topological polar surface area (TPSA) is 78.4 Å². The highest BCUT2D eigenvalue weighted by atomic mass is 16.4. The lowest BCUT2D eigenvalue weighted by Crippen LogP contribution is -2.49. The smallest absolute Gasteiger partial charge is 0.326 e. The fourth-order valence-corrected chi connectivity index (χ4v) is 1.45. The maximum atomic E-state index is 11.5. The molecule has 0 fully saturated rings. The number of carboxylic acid groups (broad SMARTS) is 1. The minimum absolute atomic E-state index is 0.0753. The molecule has 0 spiro atoms. The van der Waals surface area contributed by atoms with Crippen LogP contribution in [0.25, 0.3) is 0 Å². The van der Waals surface area contributed by atoms with Gasteiger partial charge in [-0.25, -0.2) is 9.59 Å². The molecule has 16 heavy (non-hydrogen) atoms. The summed E-state index contributed by atoms with van der Waals surface area (Å²) in [5, 5.41) is 14.0. The third kappa shape index (κ3) is 5.00. The van der Waals surface area contributed by atoms with Gasteiger partial charge >= 0.3 is 12.0 Å². The molecule has 2 atom stereocenters. The molecule has 0 aromatic rings. The fourth-order valence-electron chi connectivity index (χ4n) is 1.45. The van der Waals surface area contributed by atoms with Gasteiger partial charge in [-0.1, -0.05) is 27.7 Å². The van der Waals surface area contributed by atoms with Crippen LogP contribution in [0.15, 0.2) is 0 Å². The third-order valence-electron chi connectivity index (χ3n) is 2.57. The number of carbonyl (C=O) groups is 2. The molecule has 0 aliphatic rings. The second-order valence-electron chi connectivity index (χ2n) is 4.18.